The molecule has 0 aliphatic heterocycles. The predicted octanol–water partition coefficient (Wildman–Crippen LogP) is 2.99. The van der Waals surface area contributed by atoms with E-state index in [4.69, 9.17) is 10.5 Å². The third-order valence-corrected chi connectivity index (χ3v) is 5.83. The molecule has 136 valence electrons. The molecule has 6 nitrogen and oxygen atoms in total. The molecule has 0 bridgehead atoms. The molecule has 0 heterocycles. The van der Waals surface area contributed by atoms with Crippen molar-refractivity contribution in [3.8, 4) is 0 Å². The van der Waals surface area contributed by atoms with Crippen LogP contribution in [0.1, 0.15) is 49.4 Å². The topological polar surface area (TPSA) is 84.7 Å². The molecule has 0 saturated heterocycles. The highest BCUT2D eigenvalue weighted by Gasteiger charge is 2.58. The van der Waals surface area contributed by atoms with Crippen molar-refractivity contribution in [2.75, 3.05) is 19.0 Å². The summed E-state index contributed by atoms with van der Waals surface area (Å²) in [6, 6.07) is 6.74. The van der Waals surface area contributed by atoms with Crippen LogP contribution < -0.4 is 11.1 Å². The van der Waals surface area contributed by atoms with Gasteiger partial charge in [0, 0.05) is 36.4 Å². The number of primary amides is 1. The van der Waals surface area contributed by atoms with Crippen LogP contribution >= 0.6 is 0 Å². The van der Waals surface area contributed by atoms with Crippen molar-refractivity contribution in [3.63, 3.8) is 0 Å². The van der Waals surface area contributed by atoms with Crippen molar-refractivity contribution in [1.29, 1.82) is 0 Å². The van der Waals surface area contributed by atoms with Crippen LogP contribution in [0.25, 0.3) is 0 Å². The summed E-state index contributed by atoms with van der Waals surface area (Å²) < 4.78 is 5.93. The number of amides is 3. The van der Waals surface area contributed by atoms with Crippen LogP contribution in [0.3, 0.4) is 0 Å². The number of nitrogens with one attached hydrogen (secondary N) is 1. The fourth-order valence-corrected chi connectivity index (χ4v) is 4.50. The summed E-state index contributed by atoms with van der Waals surface area (Å²) in [6.45, 7) is 2.74. The molecule has 0 aromatic heterocycles. The number of hydrogen-bond donors (Lipinski definition) is 2. The first-order chi connectivity index (χ1) is 12.0. The number of rotatable bonds is 5. The maximum atomic E-state index is 12.7. The van der Waals surface area contributed by atoms with Crippen LogP contribution in [0.5, 0.6) is 0 Å². The Morgan fingerprint density at radius 2 is 2.08 bits per heavy atom. The van der Waals surface area contributed by atoms with Crippen LogP contribution in [0.15, 0.2) is 24.3 Å². The van der Waals surface area contributed by atoms with Gasteiger partial charge >= 0.3 is 6.03 Å². The smallest absolute Gasteiger partial charge is 0.321 e. The number of nitrogens with zero attached hydrogens (tertiary/aromatic N) is 1. The summed E-state index contributed by atoms with van der Waals surface area (Å²) in [6.07, 6.45) is 5.80. The molecule has 2 aliphatic rings. The van der Waals surface area contributed by atoms with E-state index in [2.05, 4.69) is 5.32 Å². The van der Waals surface area contributed by atoms with E-state index >= 15 is 0 Å². The molecule has 3 N–H and O–H groups in total. The summed E-state index contributed by atoms with van der Waals surface area (Å²) in [5.41, 5.74) is 6.37. The number of nitrogens with two attached hydrogens (primary N) is 1. The van der Waals surface area contributed by atoms with Crippen LogP contribution in [0, 0.1) is 5.41 Å². The zero-order chi connectivity index (χ0) is 18.0. The largest absolute Gasteiger partial charge is 0.378 e. The fraction of sp³-hybridized carbons (Fsp3) is 0.579. The van der Waals surface area contributed by atoms with E-state index in [-0.39, 0.29) is 23.6 Å². The van der Waals surface area contributed by atoms with Crippen molar-refractivity contribution in [1.82, 2.24) is 4.90 Å². The first kappa shape index (κ1) is 17.7. The molecule has 2 aliphatic carbocycles. The fourth-order valence-electron chi connectivity index (χ4n) is 4.50. The molecule has 3 amide bonds. The lowest BCUT2D eigenvalue weighted by Gasteiger charge is -2.56. The Kier molecular flexibility index (Phi) is 4.99. The van der Waals surface area contributed by atoms with Crippen molar-refractivity contribution in [2.45, 2.75) is 51.2 Å². The molecule has 6 heteroatoms. The van der Waals surface area contributed by atoms with Gasteiger partial charge in [0.15, 0.2) is 0 Å². The van der Waals surface area contributed by atoms with Crippen LogP contribution in [0.4, 0.5) is 10.5 Å². The molecule has 1 aromatic rings. The van der Waals surface area contributed by atoms with Crippen LogP contribution in [-0.2, 0) is 4.74 Å². The number of urea groups is 1. The number of carbonyl (C=O) groups is 2. The zero-order valence-electron chi connectivity index (χ0n) is 15.0. The van der Waals surface area contributed by atoms with Crippen LogP contribution in [-0.4, -0.2) is 42.6 Å². The summed E-state index contributed by atoms with van der Waals surface area (Å²) in [4.78, 5) is 25.8. The van der Waals surface area contributed by atoms with E-state index in [1.165, 1.54) is 12.8 Å². The number of anilines is 1. The minimum absolute atomic E-state index is 0.108. The second kappa shape index (κ2) is 7.04. The van der Waals surface area contributed by atoms with E-state index in [0.717, 1.165) is 25.9 Å². The molecule has 2 saturated carbocycles. The minimum Gasteiger partial charge on any atom is -0.378 e. The van der Waals surface area contributed by atoms with Crippen molar-refractivity contribution in [3.05, 3.63) is 29.8 Å². The molecular formula is C19H27N3O3. The van der Waals surface area contributed by atoms with Crippen molar-refractivity contribution >= 4 is 17.6 Å². The molecular weight excluding hydrogens is 318 g/mol. The molecule has 1 aromatic carbocycles. The van der Waals surface area contributed by atoms with Crippen LogP contribution in [0.2, 0.25) is 0 Å². The van der Waals surface area contributed by atoms with Gasteiger partial charge in [-0.25, -0.2) is 4.79 Å². The summed E-state index contributed by atoms with van der Waals surface area (Å²) >= 11 is 0. The molecule has 25 heavy (non-hydrogen) atoms. The zero-order valence-corrected chi connectivity index (χ0v) is 15.0. The Bertz CT molecular complexity index is 655. The van der Waals surface area contributed by atoms with Gasteiger partial charge in [0.1, 0.15) is 0 Å². The van der Waals surface area contributed by atoms with E-state index in [0.29, 0.717) is 11.3 Å². The highest BCUT2D eigenvalue weighted by molar-refractivity contribution is 5.95. The maximum absolute atomic E-state index is 12.7. The highest BCUT2D eigenvalue weighted by Crippen LogP contribution is 2.56. The molecule has 2 fully saturated rings. The second-order valence-electron chi connectivity index (χ2n) is 7.12. The monoisotopic (exact) mass is 345 g/mol. The molecule has 2 atom stereocenters. The SMILES string of the molecule is CCO[C@H]1C[C@@H](N(C)C(=O)Nc2cccc(C(N)=O)c2)C12CCCC2. The Morgan fingerprint density at radius 1 is 1.36 bits per heavy atom. The van der Waals surface area contributed by atoms with Gasteiger partial charge in [0.2, 0.25) is 5.91 Å². The van der Waals surface area contributed by atoms with E-state index < -0.39 is 5.91 Å². The van der Waals surface area contributed by atoms with Gasteiger partial charge in [-0.2, -0.15) is 0 Å². The lowest BCUT2D eigenvalue weighted by atomic mass is 9.60. The number of hydrogen-bond acceptors (Lipinski definition) is 3. The predicted molar refractivity (Wildman–Crippen MR) is 96.5 cm³/mol. The van der Waals surface area contributed by atoms with Crippen molar-refractivity contribution < 1.29 is 14.3 Å². The quantitative estimate of drug-likeness (QED) is 0.860. The molecule has 0 unspecified atom stereocenters. The Morgan fingerprint density at radius 3 is 2.72 bits per heavy atom. The molecule has 0 radical (unpaired) electrons. The van der Waals surface area contributed by atoms with E-state index in [9.17, 15) is 9.59 Å². The second-order valence-corrected chi connectivity index (χ2v) is 7.12. The van der Waals surface area contributed by atoms with Gasteiger partial charge < -0.3 is 20.7 Å². The van der Waals surface area contributed by atoms with Gasteiger partial charge in [-0.1, -0.05) is 18.9 Å². The third-order valence-electron chi connectivity index (χ3n) is 5.83. The lowest BCUT2D eigenvalue weighted by molar-refractivity contribution is -0.150. The summed E-state index contributed by atoms with van der Waals surface area (Å²) in [7, 11) is 1.85. The average Bonchev–Trinajstić information content (AvgIpc) is 3.10. The van der Waals surface area contributed by atoms with Crippen molar-refractivity contribution in [2.24, 2.45) is 11.1 Å². The summed E-state index contributed by atoms with van der Waals surface area (Å²) in [5.74, 6) is -0.507. The standard InChI is InChI=1S/C19H27N3O3/c1-3-25-16-12-15(19(16)9-4-5-10-19)22(2)18(24)21-14-8-6-7-13(11-14)17(20)23/h6-8,11,15-16H,3-5,9-10,12H2,1-2H3,(H2,20,23)(H,21,24)/t15-,16+/m1/s1. The summed E-state index contributed by atoms with van der Waals surface area (Å²) in [5, 5.41) is 2.88. The Balaban J connectivity index is 1.68. The molecule has 3 rings (SSSR count). The van der Waals surface area contributed by atoms with Gasteiger partial charge in [0.05, 0.1) is 6.10 Å². The van der Waals surface area contributed by atoms with Gasteiger partial charge in [-0.3, -0.25) is 4.79 Å². The lowest BCUT2D eigenvalue weighted by Crippen LogP contribution is -2.64. The average molecular weight is 345 g/mol. The maximum Gasteiger partial charge on any atom is 0.321 e. The Labute approximate surface area is 148 Å². The number of benzene rings is 1. The number of carbonyl (C=O) groups excluding carboxylic acids is 2. The van der Waals surface area contributed by atoms with Gasteiger partial charge in [0.25, 0.3) is 0 Å². The Hall–Kier alpha value is -2.08. The van der Waals surface area contributed by atoms with Gasteiger partial charge in [-0.15, -0.1) is 0 Å². The third kappa shape index (κ3) is 3.23. The first-order valence-corrected chi connectivity index (χ1v) is 9.03. The minimum atomic E-state index is -0.507. The van der Waals surface area contributed by atoms with E-state index in [1.54, 1.807) is 29.2 Å². The number of ether oxygens (including phenoxy) is 1. The van der Waals surface area contributed by atoms with Gasteiger partial charge in [-0.05, 0) is 44.4 Å². The highest BCUT2D eigenvalue weighted by atomic mass is 16.5. The normalized spacial score (nSPS) is 23.9. The van der Waals surface area contributed by atoms with E-state index in [1.807, 2.05) is 14.0 Å². The molecule has 1 spiro atoms. The first-order valence-electron chi connectivity index (χ1n) is 9.03.